The normalized spacial score (nSPS) is 18.2. The minimum atomic E-state index is -0.387. The van der Waals surface area contributed by atoms with Gasteiger partial charge in [-0.1, -0.05) is 18.2 Å². The molecule has 3 heterocycles. The molecule has 1 aromatic heterocycles. The first kappa shape index (κ1) is 22.4. The maximum atomic E-state index is 13.0. The first-order valence-corrected chi connectivity index (χ1v) is 11.9. The van der Waals surface area contributed by atoms with Gasteiger partial charge in [0.2, 0.25) is 5.91 Å². The van der Waals surface area contributed by atoms with Gasteiger partial charge < -0.3 is 9.47 Å². The number of benzene rings is 1. The van der Waals surface area contributed by atoms with Gasteiger partial charge in [-0.05, 0) is 87.6 Å². The van der Waals surface area contributed by atoms with Crippen molar-refractivity contribution in [2.24, 2.45) is 0 Å². The van der Waals surface area contributed by atoms with E-state index < -0.39 is 0 Å². The van der Waals surface area contributed by atoms with Crippen LogP contribution in [0.3, 0.4) is 0 Å². The van der Waals surface area contributed by atoms with Crippen LogP contribution in [0, 0.1) is 27.7 Å². The molecule has 3 amide bonds. The van der Waals surface area contributed by atoms with Crippen molar-refractivity contribution in [2.75, 3.05) is 19.6 Å². The van der Waals surface area contributed by atoms with Gasteiger partial charge in [-0.15, -0.1) is 0 Å². The summed E-state index contributed by atoms with van der Waals surface area (Å²) in [5, 5.41) is -0.379. The molecule has 0 saturated carbocycles. The number of likely N-dealkylation sites (tertiary alicyclic amines) is 1. The van der Waals surface area contributed by atoms with Gasteiger partial charge in [0.15, 0.2) is 0 Å². The predicted octanol–water partition coefficient (Wildman–Crippen LogP) is 4.76. The van der Waals surface area contributed by atoms with Crippen LogP contribution in [0.25, 0.3) is 11.8 Å². The monoisotopic (exact) mass is 451 g/mol. The van der Waals surface area contributed by atoms with Gasteiger partial charge in [-0.3, -0.25) is 19.3 Å². The number of carbonyl (C=O) groups is 3. The number of thioether (sulfide) groups is 1. The number of para-hydroxylation sites is 1. The lowest BCUT2D eigenvalue weighted by molar-refractivity contribution is -0.136. The number of hydrogen-bond acceptors (Lipinski definition) is 4. The molecule has 0 radical (unpaired) electrons. The highest BCUT2D eigenvalue weighted by Gasteiger charge is 2.37. The largest absolute Gasteiger partial charge is 0.341 e. The highest BCUT2D eigenvalue weighted by molar-refractivity contribution is 8.18. The molecule has 32 heavy (non-hydrogen) atoms. The molecule has 7 heteroatoms. The third-order valence-electron chi connectivity index (χ3n) is 6.30. The smallest absolute Gasteiger partial charge is 0.294 e. The van der Waals surface area contributed by atoms with E-state index in [1.807, 2.05) is 26.0 Å². The van der Waals surface area contributed by atoms with E-state index in [0.717, 1.165) is 58.6 Å². The summed E-state index contributed by atoms with van der Waals surface area (Å²) in [4.78, 5) is 41.3. The molecule has 0 unspecified atom stereocenters. The van der Waals surface area contributed by atoms with E-state index in [0.29, 0.717) is 18.0 Å². The zero-order valence-electron chi connectivity index (χ0n) is 19.1. The zero-order chi connectivity index (χ0) is 23.0. The lowest BCUT2D eigenvalue weighted by atomic mass is 10.1. The maximum Gasteiger partial charge on any atom is 0.294 e. The summed E-state index contributed by atoms with van der Waals surface area (Å²) < 4.78 is 2.20. The SMILES string of the molecule is Cc1cccc(C)c1-n1c(C)cc(/C=C2\SC(=O)N(CC(=O)N3CCCCC3)C2=O)c1C. The average molecular weight is 452 g/mol. The number of carbonyl (C=O) groups excluding carboxylic acids is 3. The van der Waals surface area contributed by atoms with Crippen molar-refractivity contribution < 1.29 is 14.4 Å². The molecule has 0 aliphatic carbocycles. The van der Waals surface area contributed by atoms with Crippen LogP contribution in [0.1, 0.15) is 47.3 Å². The molecule has 0 spiro atoms. The Balaban J connectivity index is 1.59. The molecule has 0 bridgehead atoms. The van der Waals surface area contributed by atoms with Gasteiger partial charge in [0.1, 0.15) is 6.54 Å². The van der Waals surface area contributed by atoms with E-state index in [1.54, 1.807) is 11.0 Å². The lowest BCUT2D eigenvalue weighted by Gasteiger charge is -2.27. The van der Waals surface area contributed by atoms with E-state index in [-0.39, 0.29) is 23.6 Å². The first-order chi connectivity index (χ1) is 15.3. The second-order valence-electron chi connectivity index (χ2n) is 8.61. The van der Waals surface area contributed by atoms with Crippen LogP contribution >= 0.6 is 11.8 Å². The average Bonchev–Trinajstić information content (AvgIpc) is 3.18. The molecular formula is C25H29N3O3S. The Kier molecular flexibility index (Phi) is 6.29. The summed E-state index contributed by atoms with van der Waals surface area (Å²) in [7, 11) is 0. The first-order valence-electron chi connectivity index (χ1n) is 11.1. The Morgan fingerprint density at radius 2 is 1.69 bits per heavy atom. The number of piperidine rings is 1. The number of aryl methyl sites for hydroxylation is 3. The Morgan fingerprint density at radius 3 is 2.34 bits per heavy atom. The van der Waals surface area contributed by atoms with Crippen molar-refractivity contribution in [1.29, 1.82) is 0 Å². The molecule has 1 aromatic carbocycles. The fraction of sp³-hybridized carbons (Fsp3) is 0.400. The third-order valence-corrected chi connectivity index (χ3v) is 7.20. The van der Waals surface area contributed by atoms with Crippen molar-refractivity contribution in [2.45, 2.75) is 47.0 Å². The molecule has 0 N–H and O–H groups in total. The second kappa shape index (κ2) is 8.98. The number of hydrogen-bond donors (Lipinski definition) is 0. The summed E-state index contributed by atoms with van der Waals surface area (Å²) in [6, 6.07) is 8.26. The van der Waals surface area contributed by atoms with Gasteiger partial charge in [-0.25, -0.2) is 0 Å². The van der Waals surface area contributed by atoms with E-state index in [4.69, 9.17) is 0 Å². The fourth-order valence-electron chi connectivity index (χ4n) is 4.59. The quantitative estimate of drug-likeness (QED) is 0.629. The number of imide groups is 1. The van der Waals surface area contributed by atoms with Crippen LogP contribution in [0.4, 0.5) is 4.79 Å². The molecule has 4 rings (SSSR count). The molecule has 2 saturated heterocycles. The van der Waals surface area contributed by atoms with Gasteiger partial charge >= 0.3 is 0 Å². The predicted molar refractivity (Wildman–Crippen MR) is 128 cm³/mol. The Hall–Kier alpha value is -2.80. The molecule has 2 aliphatic rings. The standard InChI is InChI=1S/C25H29N3O3S/c1-16-9-8-10-17(2)23(16)28-18(3)13-20(19(28)4)14-21-24(30)27(25(31)32-21)15-22(29)26-11-6-5-7-12-26/h8-10,13-14H,5-7,11-12,15H2,1-4H3/b21-14-. The van der Waals surface area contributed by atoms with Gasteiger partial charge in [0.05, 0.1) is 10.6 Å². The van der Waals surface area contributed by atoms with Crippen LogP contribution in [-0.2, 0) is 9.59 Å². The summed E-state index contributed by atoms with van der Waals surface area (Å²) in [5.74, 6) is -0.538. The summed E-state index contributed by atoms with van der Waals surface area (Å²) >= 11 is 0.910. The van der Waals surface area contributed by atoms with E-state index >= 15 is 0 Å². The van der Waals surface area contributed by atoms with Crippen LogP contribution in [0.2, 0.25) is 0 Å². The summed E-state index contributed by atoms with van der Waals surface area (Å²) in [6.07, 6.45) is 4.85. The number of amides is 3. The second-order valence-corrected chi connectivity index (χ2v) is 9.60. The third kappa shape index (κ3) is 4.13. The maximum absolute atomic E-state index is 13.0. The highest BCUT2D eigenvalue weighted by Crippen LogP contribution is 2.34. The minimum Gasteiger partial charge on any atom is -0.341 e. The van der Waals surface area contributed by atoms with Crippen molar-refractivity contribution in [3.05, 3.63) is 57.2 Å². The minimum absolute atomic E-state index is 0.151. The molecule has 168 valence electrons. The summed E-state index contributed by atoms with van der Waals surface area (Å²) in [6.45, 7) is 9.47. The van der Waals surface area contributed by atoms with Crippen LogP contribution in [0.5, 0.6) is 0 Å². The van der Waals surface area contributed by atoms with Crippen molar-refractivity contribution in [3.8, 4) is 5.69 Å². The molecule has 2 aromatic rings. The molecule has 0 atom stereocenters. The number of nitrogens with zero attached hydrogens (tertiary/aromatic N) is 3. The van der Waals surface area contributed by atoms with Crippen LogP contribution in [-0.4, -0.2) is 51.1 Å². The molecule has 6 nitrogen and oxygen atoms in total. The Morgan fingerprint density at radius 1 is 1.03 bits per heavy atom. The van der Waals surface area contributed by atoms with Gasteiger partial charge in [-0.2, -0.15) is 0 Å². The lowest BCUT2D eigenvalue weighted by Crippen LogP contribution is -2.44. The highest BCUT2D eigenvalue weighted by atomic mass is 32.2. The fourth-order valence-corrected chi connectivity index (χ4v) is 5.42. The Bertz CT molecular complexity index is 1110. The topological polar surface area (TPSA) is 62.6 Å². The van der Waals surface area contributed by atoms with Crippen LogP contribution in [0.15, 0.2) is 29.2 Å². The molecular weight excluding hydrogens is 422 g/mol. The van der Waals surface area contributed by atoms with Crippen molar-refractivity contribution >= 4 is 34.9 Å². The number of aromatic nitrogens is 1. The van der Waals surface area contributed by atoms with E-state index in [2.05, 4.69) is 30.5 Å². The summed E-state index contributed by atoms with van der Waals surface area (Å²) in [5.41, 5.74) is 6.46. The zero-order valence-corrected chi connectivity index (χ0v) is 19.9. The van der Waals surface area contributed by atoms with Crippen molar-refractivity contribution in [1.82, 2.24) is 14.4 Å². The van der Waals surface area contributed by atoms with Gasteiger partial charge in [0, 0.05) is 24.5 Å². The van der Waals surface area contributed by atoms with E-state index in [1.165, 1.54) is 11.1 Å². The molecule has 2 aliphatic heterocycles. The van der Waals surface area contributed by atoms with Gasteiger partial charge in [0.25, 0.3) is 11.1 Å². The Labute approximate surface area is 193 Å². The van der Waals surface area contributed by atoms with Crippen LogP contribution < -0.4 is 0 Å². The van der Waals surface area contributed by atoms with Crippen molar-refractivity contribution in [3.63, 3.8) is 0 Å². The molecule has 2 fully saturated rings. The van der Waals surface area contributed by atoms with E-state index in [9.17, 15) is 14.4 Å². The number of rotatable bonds is 4.